The van der Waals surface area contributed by atoms with Gasteiger partial charge in [0.05, 0.1) is 13.2 Å². The monoisotopic (exact) mass is 964 g/mol. The molecule has 0 aliphatic heterocycles. The average molecular weight is 964 g/mol. The molecule has 388 valence electrons. The number of amides is 1. The molecule has 0 aromatic heterocycles. The van der Waals surface area contributed by atoms with Crippen molar-refractivity contribution < 1.29 is 47.8 Å². The molecule has 67 heavy (non-hydrogen) atoms. The Balaban J connectivity index is 3.83. The van der Waals surface area contributed by atoms with Crippen molar-refractivity contribution in [3.05, 3.63) is 60.8 Å². The maximum atomic E-state index is 12.4. The number of nitrogens with one attached hydrogen (secondary N) is 1. The van der Waals surface area contributed by atoms with Crippen LogP contribution in [0.4, 0.5) is 0 Å². The lowest BCUT2D eigenvalue weighted by molar-refractivity contribution is -0.147. The number of carbonyl (C=O) groups excluding carboxylic acids is 2. The number of carboxylic acid groups (broad SMARTS) is 1. The number of unbranched alkanes of at least 4 members (excludes halogenated alkanes) is 26. The van der Waals surface area contributed by atoms with E-state index in [4.69, 9.17) is 13.8 Å². The first-order valence-corrected chi connectivity index (χ1v) is 28.3. The number of hydrogen-bond acceptors (Lipinski definition) is 8. The molecule has 11 nitrogen and oxygen atoms in total. The molecular formula is C55H98NO10P. The maximum absolute atomic E-state index is 12.4. The Morgan fingerprint density at radius 2 is 0.866 bits per heavy atom. The second kappa shape index (κ2) is 49.6. The second-order valence-electron chi connectivity index (χ2n) is 18.0. The van der Waals surface area contributed by atoms with Crippen LogP contribution in [0.25, 0.3) is 0 Å². The molecule has 0 saturated heterocycles. The minimum atomic E-state index is -4.77. The number of aliphatic hydroxyl groups excluding tert-OH is 1. The highest BCUT2D eigenvalue weighted by Crippen LogP contribution is 2.43. The molecule has 0 fully saturated rings. The minimum absolute atomic E-state index is 0.131. The molecule has 0 spiro atoms. The third-order valence-corrected chi connectivity index (χ3v) is 12.5. The fourth-order valence-corrected chi connectivity index (χ4v) is 8.23. The van der Waals surface area contributed by atoms with Crippen molar-refractivity contribution in [2.75, 3.05) is 19.8 Å². The number of aliphatic carboxylic acids is 1. The van der Waals surface area contributed by atoms with Crippen molar-refractivity contribution in [2.45, 2.75) is 251 Å². The molecule has 0 radical (unpaired) electrons. The first-order valence-electron chi connectivity index (χ1n) is 26.8. The molecule has 3 atom stereocenters. The zero-order chi connectivity index (χ0) is 49.2. The number of phosphoric ester groups is 1. The second-order valence-corrected chi connectivity index (χ2v) is 19.5. The normalized spacial score (nSPS) is 14.0. The molecule has 12 heteroatoms. The zero-order valence-corrected chi connectivity index (χ0v) is 43.3. The minimum Gasteiger partial charge on any atom is -0.480 e. The van der Waals surface area contributed by atoms with Crippen LogP contribution in [-0.2, 0) is 32.7 Å². The van der Waals surface area contributed by atoms with E-state index in [1.807, 2.05) is 0 Å². The number of carbonyl (C=O) groups is 3. The van der Waals surface area contributed by atoms with Crippen LogP contribution in [0, 0.1) is 0 Å². The van der Waals surface area contributed by atoms with Crippen LogP contribution in [0.2, 0.25) is 0 Å². The summed E-state index contributed by atoms with van der Waals surface area (Å²) in [7, 11) is -4.77. The Morgan fingerprint density at radius 1 is 0.493 bits per heavy atom. The Kier molecular flexibility index (Phi) is 47.5. The SMILES string of the molecule is CC/C=C\C/C=C\C/C=C\C/C=C\C/C=C\CCCCCCCCCC(=O)NC(COP(=O)(O)OCC(O)COC(=O)CCCCCCCCCCCCCCCCCCCCCC)C(=O)O. The molecular weight excluding hydrogens is 866 g/mol. The Hall–Kier alpha value is -2.82. The number of allylic oxidation sites excluding steroid dienone is 10. The van der Waals surface area contributed by atoms with Crippen molar-refractivity contribution in [1.82, 2.24) is 5.32 Å². The van der Waals surface area contributed by atoms with Gasteiger partial charge in [-0.05, 0) is 57.8 Å². The Morgan fingerprint density at radius 3 is 1.30 bits per heavy atom. The van der Waals surface area contributed by atoms with Gasteiger partial charge in [0.1, 0.15) is 12.7 Å². The summed E-state index contributed by atoms with van der Waals surface area (Å²) in [6.07, 6.45) is 59.5. The quantitative estimate of drug-likeness (QED) is 0.0199. The lowest BCUT2D eigenvalue weighted by Gasteiger charge is -2.18. The molecule has 0 saturated carbocycles. The van der Waals surface area contributed by atoms with Gasteiger partial charge >= 0.3 is 19.8 Å². The third kappa shape index (κ3) is 49.4. The van der Waals surface area contributed by atoms with Crippen molar-refractivity contribution in [2.24, 2.45) is 0 Å². The summed E-state index contributed by atoms with van der Waals surface area (Å²) in [6, 6.07) is -1.56. The highest BCUT2D eigenvalue weighted by atomic mass is 31.2. The highest BCUT2D eigenvalue weighted by Gasteiger charge is 2.28. The average Bonchev–Trinajstić information content (AvgIpc) is 3.31. The summed E-state index contributed by atoms with van der Waals surface area (Å²) in [4.78, 5) is 46.2. The fourth-order valence-electron chi connectivity index (χ4n) is 7.46. The third-order valence-electron chi connectivity index (χ3n) is 11.6. The number of rotatable bonds is 50. The number of hydrogen-bond donors (Lipinski definition) is 4. The van der Waals surface area contributed by atoms with Crippen LogP contribution in [0.1, 0.15) is 239 Å². The summed E-state index contributed by atoms with van der Waals surface area (Å²) in [5, 5.41) is 21.9. The van der Waals surface area contributed by atoms with E-state index >= 15 is 0 Å². The fraction of sp³-hybridized carbons (Fsp3) is 0.764. The summed E-state index contributed by atoms with van der Waals surface area (Å²) in [5.74, 6) is -2.38. The van der Waals surface area contributed by atoms with Gasteiger partial charge in [-0.15, -0.1) is 0 Å². The predicted octanol–water partition coefficient (Wildman–Crippen LogP) is 15.1. The van der Waals surface area contributed by atoms with Crippen LogP contribution in [0.5, 0.6) is 0 Å². The lowest BCUT2D eigenvalue weighted by atomic mass is 10.0. The van der Waals surface area contributed by atoms with Gasteiger partial charge in [-0.1, -0.05) is 229 Å². The van der Waals surface area contributed by atoms with E-state index in [0.717, 1.165) is 96.3 Å². The van der Waals surface area contributed by atoms with Crippen LogP contribution in [0.3, 0.4) is 0 Å². The van der Waals surface area contributed by atoms with Gasteiger partial charge in [0, 0.05) is 12.8 Å². The van der Waals surface area contributed by atoms with Crippen molar-refractivity contribution in [3.63, 3.8) is 0 Å². The molecule has 0 aromatic rings. The molecule has 1 amide bonds. The van der Waals surface area contributed by atoms with Crippen LogP contribution >= 0.6 is 7.82 Å². The maximum Gasteiger partial charge on any atom is 0.472 e. The lowest BCUT2D eigenvalue weighted by Crippen LogP contribution is -2.43. The van der Waals surface area contributed by atoms with Crippen molar-refractivity contribution in [3.8, 4) is 0 Å². The van der Waals surface area contributed by atoms with E-state index in [9.17, 15) is 34.1 Å². The molecule has 0 bridgehead atoms. The van der Waals surface area contributed by atoms with Gasteiger partial charge in [-0.2, -0.15) is 0 Å². The van der Waals surface area contributed by atoms with Crippen LogP contribution in [0.15, 0.2) is 60.8 Å². The van der Waals surface area contributed by atoms with Gasteiger partial charge in [0.2, 0.25) is 5.91 Å². The standard InChI is InChI=1S/C55H98NO10P/c1-3-5-7-9-11-13-15-17-19-21-23-25-26-27-28-30-32-34-36-38-40-42-44-46-53(58)56-52(55(60)61)50-66-67(62,63)65-49-51(57)48-64-54(59)47-45-43-41-39-37-35-33-31-29-24-22-20-18-16-14-12-10-8-6-4-2/h5,7,11,13,17,19,23,25,27-28,51-52,57H,3-4,6,8-10,12,14-16,18,20-22,24,26,29-50H2,1-2H3,(H,56,58)(H,60,61)(H,62,63)/b7-5-,13-11-,19-17-,25-23-,28-27-. The Labute approximate surface area is 408 Å². The van der Waals surface area contributed by atoms with Gasteiger partial charge in [0.15, 0.2) is 6.04 Å². The van der Waals surface area contributed by atoms with E-state index in [-0.39, 0.29) is 12.8 Å². The Bertz CT molecular complexity index is 1360. The molecule has 0 aromatic carbocycles. The molecule has 0 aliphatic rings. The number of ether oxygens (including phenoxy) is 1. The van der Waals surface area contributed by atoms with E-state index < -0.39 is 57.6 Å². The van der Waals surface area contributed by atoms with Gasteiger partial charge in [0.25, 0.3) is 0 Å². The largest absolute Gasteiger partial charge is 0.480 e. The number of aliphatic hydroxyl groups is 1. The number of phosphoric acid groups is 1. The number of esters is 1. The summed E-state index contributed by atoms with van der Waals surface area (Å²) < 4.78 is 27.0. The predicted molar refractivity (Wildman–Crippen MR) is 277 cm³/mol. The van der Waals surface area contributed by atoms with Crippen LogP contribution < -0.4 is 5.32 Å². The number of carboxylic acids is 1. The summed E-state index contributed by atoms with van der Waals surface area (Å²) >= 11 is 0. The van der Waals surface area contributed by atoms with E-state index in [1.165, 1.54) is 103 Å². The van der Waals surface area contributed by atoms with Gasteiger partial charge < -0.3 is 25.2 Å². The first kappa shape index (κ1) is 64.2. The summed E-state index contributed by atoms with van der Waals surface area (Å²) in [5.41, 5.74) is 0. The molecule has 3 unspecified atom stereocenters. The smallest absolute Gasteiger partial charge is 0.472 e. The van der Waals surface area contributed by atoms with Gasteiger partial charge in [-0.3, -0.25) is 18.6 Å². The van der Waals surface area contributed by atoms with E-state index in [1.54, 1.807) is 0 Å². The molecule has 0 rings (SSSR count). The zero-order valence-electron chi connectivity index (χ0n) is 42.4. The topological polar surface area (TPSA) is 169 Å². The van der Waals surface area contributed by atoms with Gasteiger partial charge in [-0.25, -0.2) is 9.36 Å². The summed E-state index contributed by atoms with van der Waals surface area (Å²) in [6.45, 7) is 2.51. The molecule has 4 N–H and O–H groups in total. The first-order chi connectivity index (χ1) is 32.6. The highest BCUT2D eigenvalue weighted by molar-refractivity contribution is 7.47. The van der Waals surface area contributed by atoms with Crippen LogP contribution in [-0.4, -0.2) is 64.9 Å². The van der Waals surface area contributed by atoms with E-state index in [2.05, 4.69) is 79.9 Å². The molecule has 0 heterocycles. The molecule has 0 aliphatic carbocycles. The van der Waals surface area contributed by atoms with Crippen molar-refractivity contribution in [1.29, 1.82) is 0 Å². The van der Waals surface area contributed by atoms with Crippen molar-refractivity contribution >= 4 is 25.7 Å². The van der Waals surface area contributed by atoms with E-state index in [0.29, 0.717) is 12.8 Å².